The molecule has 4 aliphatic carbocycles. The first-order valence-electron chi connectivity index (χ1n) is 14.8. The number of amides is 2. The summed E-state index contributed by atoms with van der Waals surface area (Å²) in [5.41, 5.74) is 2.15. The predicted molar refractivity (Wildman–Crippen MR) is 153 cm³/mol. The van der Waals surface area contributed by atoms with Crippen LogP contribution in [0.3, 0.4) is 0 Å². The smallest absolute Gasteiger partial charge is 0.242 e. The zero-order valence-corrected chi connectivity index (χ0v) is 23.8. The minimum atomic E-state index is -0.214. The first kappa shape index (κ1) is 26.1. The third-order valence-corrected chi connectivity index (χ3v) is 10.9. The van der Waals surface area contributed by atoms with Gasteiger partial charge in [-0.05, 0) is 112 Å². The van der Waals surface area contributed by atoms with Crippen LogP contribution in [0.1, 0.15) is 67.4 Å². The molecule has 1 aromatic heterocycles. The minimum absolute atomic E-state index is 0.0705. The Bertz CT molecular complexity index is 1090. The molecule has 204 valence electrons. The van der Waals surface area contributed by atoms with Crippen LogP contribution in [0.2, 0.25) is 0 Å². The highest BCUT2D eigenvalue weighted by molar-refractivity contribution is 7.10. The van der Waals surface area contributed by atoms with Crippen molar-refractivity contribution in [3.8, 4) is 0 Å². The fourth-order valence-electron chi connectivity index (χ4n) is 8.27. The first-order chi connectivity index (χ1) is 18.5. The monoisotopic (exact) mass is 533 g/mol. The summed E-state index contributed by atoms with van der Waals surface area (Å²) in [4.78, 5) is 36.1. The number of carbonyl (C=O) groups is 2. The summed E-state index contributed by atoms with van der Waals surface area (Å²) in [7, 11) is 0. The number of thiophene rings is 1. The summed E-state index contributed by atoms with van der Waals surface area (Å²) in [5, 5.41) is 2.11. The molecule has 2 amide bonds. The van der Waals surface area contributed by atoms with Gasteiger partial charge in [0.1, 0.15) is 0 Å². The standard InChI is InChI=1S/C32H43N3O2S/c1-24-9-14-38-29(24)22-35(21-25-7-3-2-4-8-25)30(36)23-34(13-12-33-10-5-6-11-33)31(37)32-18-26-15-27(19-32)17-28(16-26)20-32/h2-4,7-9,14,26-28H,5-6,10-13,15-23H2,1H3. The van der Waals surface area contributed by atoms with Gasteiger partial charge in [0.15, 0.2) is 0 Å². The van der Waals surface area contributed by atoms with Gasteiger partial charge in [0, 0.05) is 24.5 Å². The fourth-order valence-corrected chi connectivity index (χ4v) is 9.19. The highest BCUT2D eigenvalue weighted by Crippen LogP contribution is 2.60. The zero-order chi connectivity index (χ0) is 26.1. The van der Waals surface area contributed by atoms with Gasteiger partial charge < -0.3 is 14.7 Å². The second kappa shape index (κ2) is 11.1. The van der Waals surface area contributed by atoms with Crippen molar-refractivity contribution in [1.82, 2.24) is 14.7 Å². The second-order valence-corrected chi connectivity index (χ2v) is 13.7. The zero-order valence-electron chi connectivity index (χ0n) is 22.9. The molecule has 4 bridgehead atoms. The molecule has 7 rings (SSSR count). The van der Waals surface area contributed by atoms with E-state index >= 15 is 0 Å². The van der Waals surface area contributed by atoms with Crippen LogP contribution in [0.4, 0.5) is 0 Å². The molecule has 1 aliphatic heterocycles. The van der Waals surface area contributed by atoms with Gasteiger partial charge in [0.05, 0.1) is 18.5 Å². The van der Waals surface area contributed by atoms with E-state index in [1.54, 1.807) is 11.3 Å². The van der Waals surface area contributed by atoms with Crippen molar-refractivity contribution < 1.29 is 9.59 Å². The largest absolute Gasteiger partial charge is 0.332 e. The molecule has 1 saturated heterocycles. The summed E-state index contributed by atoms with van der Waals surface area (Å²) in [6.07, 6.45) is 9.61. The average molecular weight is 534 g/mol. The summed E-state index contributed by atoms with van der Waals surface area (Å²) in [6.45, 7) is 7.28. The van der Waals surface area contributed by atoms with Crippen LogP contribution in [0.25, 0.3) is 0 Å². The van der Waals surface area contributed by atoms with E-state index in [4.69, 9.17) is 0 Å². The Hall–Kier alpha value is -2.18. The summed E-state index contributed by atoms with van der Waals surface area (Å²) in [6, 6.07) is 12.4. The van der Waals surface area contributed by atoms with E-state index in [2.05, 4.69) is 35.4 Å². The molecule has 5 fully saturated rings. The second-order valence-electron chi connectivity index (χ2n) is 12.7. The lowest BCUT2D eigenvalue weighted by Crippen LogP contribution is -2.56. The molecule has 4 saturated carbocycles. The number of hydrogen-bond acceptors (Lipinski definition) is 4. The Balaban J connectivity index is 1.22. The maximum absolute atomic E-state index is 14.4. The lowest BCUT2D eigenvalue weighted by molar-refractivity contribution is -0.160. The molecule has 0 N–H and O–H groups in total. The Labute approximate surface area is 232 Å². The number of aryl methyl sites for hydroxylation is 1. The number of likely N-dealkylation sites (tertiary alicyclic amines) is 1. The molecule has 2 heterocycles. The SMILES string of the molecule is Cc1ccsc1CN(Cc1ccccc1)C(=O)CN(CCN1CCCC1)C(=O)C12CC3CC(CC(C3)C1)C2. The molecule has 6 heteroatoms. The maximum atomic E-state index is 14.4. The van der Waals surface area contributed by atoms with Crippen molar-refractivity contribution in [1.29, 1.82) is 0 Å². The van der Waals surface area contributed by atoms with E-state index in [1.165, 1.54) is 42.5 Å². The number of carbonyl (C=O) groups excluding carboxylic acids is 2. The highest BCUT2D eigenvalue weighted by Gasteiger charge is 2.55. The molecule has 5 aliphatic rings. The molecule has 0 unspecified atom stereocenters. The number of nitrogens with zero attached hydrogens (tertiary/aromatic N) is 3. The highest BCUT2D eigenvalue weighted by atomic mass is 32.1. The van der Waals surface area contributed by atoms with Gasteiger partial charge in [-0.25, -0.2) is 0 Å². The third-order valence-electron chi connectivity index (χ3n) is 9.86. The minimum Gasteiger partial charge on any atom is -0.332 e. The van der Waals surface area contributed by atoms with Gasteiger partial charge in [-0.15, -0.1) is 11.3 Å². The molecule has 0 spiro atoms. The molecule has 5 nitrogen and oxygen atoms in total. The quantitative estimate of drug-likeness (QED) is 0.392. The van der Waals surface area contributed by atoms with Crippen molar-refractivity contribution in [3.05, 3.63) is 57.8 Å². The van der Waals surface area contributed by atoms with Crippen molar-refractivity contribution >= 4 is 23.2 Å². The molecule has 0 radical (unpaired) electrons. The molecular formula is C32H43N3O2S. The molecule has 0 atom stereocenters. The Morgan fingerprint density at radius 2 is 1.58 bits per heavy atom. The lowest BCUT2D eigenvalue weighted by atomic mass is 9.49. The van der Waals surface area contributed by atoms with Gasteiger partial charge in [-0.1, -0.05) is 30.3 Å². The van der Waals surface area contributed by atoms with Crippen LogP contribution in [0.5, 0.6) is 0 Å². The van der Waals surface area contributed by atoms with E-state index in [0.29, 0.717) is 19.6 Å². The predicted octanol–water partition coefficient (Wildman–Crippen LogP) is 5.73. The summed E-state index contributed by atoms with van der Waals surface area (Å²) in [5.74, 6) is 2.52. The van der Waals surface area contributed by atoms with Gasteiger partial charge in [-0.2, -0.15) is 0 Å². The van der Waals surface area contributed by atoms with Crippen LogP contribution >= 0.6 is 11.3 Å². The number of benzene rings is 1. The lowest BCUT2D eigenvalue weighted by Gasteiger charge is -2.56. The van der Waals surface area contributed by atoms with Crippen LogP contribution < -0.4 is 0 Å². The molecule has 38 heavy (non-hydrogen) atoms. The molecule has 1 aromatic carbocycles. The van der Waals surface area contributed by atoms with Crippen LogP contribution in [0, 0.1) is 30.1 Å². The van der Waals surface area contributed by atoms with E-state index in [0.717, 1.165) is 62.2 Å². The van der Waals surface area contributed by atoms with E-state index in [1.807, 2.05) is 28.0 Å². The summed E-state index contributed by atoms with van der Waals surface area (Å²) < 4.78 is 0. The van der Waals surface area contributed by atoms with Gasteiger partial charge in [0.25, 0.3) is 0 Å². The van der Waals surface area contributed by atoms with Crippen LogP contribution in [-0.4, -0.2) is 59.2 Å². The van der Waals surface area contributed by atoms with E-state index in [9.17, 15) is 9.59 Å². The van der Waals surface area contributed by atoms with Crippen LogP contribution in [-0.2, 0) is 22.7 Å². The third kappa shape index (κ3) is 5.58. The van der Waals surface area contributed by atoms with Crippen molar-refractivity contribution in [2.24, 2.45) is 23.2 Å². The number of rotatable bonds is 10. The van der Waals surface area contributed by atoms with E-state index in [-0.39, 0.29) is 23.8 Å². The molecular weight excluding hydrogens is 490 g/mol. The topological polar surface area (TPSA) is 43.9 Å². The Morgan fingerprint density at radius 1 is 0.921 bits per heavy atom. The van der Waals surface area contributed by atoms with Crippen LogP contribution in [0.15, 0.2) is 41.8 Å². The van der Waals surface area contributed by atoms with Gasteiger partial charge >= 0.3 is 0 Å². The summed E-state index contributed by atoms with van der Waals surface area (Å²) >= 11 is 1.72. The normalized spacial score (nSPS) is 28.1. The molecule has 2 aromatic rings. The number of hydrogen-bond donors (Lipinski definition) is 0. The van der Waals surface area contributed by atoms with Crippen molar-refractivity contribution in [2.75, 3.05) is 32.7 Å². The van der Waals surface area contributed by atoms with Crippen molar-refractivity contribution in [3.63, 3.8) is 0 Å². The van der Waals surface area contributed by atoms with Gasteiger partial charge in [0.2, 0.25) is 11.8 Å². The maximum Gasteiger partial charge on any atom is 0.242 e. The van der Waals surface area contributed by atoms with Gasteiger partial charge in [-0.3, -0.25) is 9.59 Å². The Kier molecular flexibility index (Phi) is 7.63. The first-order valence-corrected chi connectivity index (χ1v) is 15.7. The fraction of sp³-hybridized carbons (Fsp3) is 0.625. The average Bonchev–Trinajstić information content (AvgIpc) is 3.57. The van der Waals surface area contributed by atoms with Crippen molar-refractivity contribution in [2.45, 2.75) is 71.4 Å². The Morgan fingerprint density at radius 3 is 2.18 bits per heavy atom. The van der Waals surface area contributed by atoms with E-state index < -0.39 is 0 Å².